The topological polar surface area (TPSA) is 55.6 Å². The van der Waals surface area contributed by atoms with Crippen LogP contribution in [0.15, 0.2) is 24.3 Å². The van der Waals surface area contributed by atoms with Crippen molar-refractivity contribution in [3.8, 4) is 0 Å². The molecular formula is C16H21ClCrN2O3. The molecular weight excluding hydrogens is 356 g/mol. The second-order valence-corrected chi connectivity index (χ2v) is 7.20. The summed E-state index contributed by atoms with van der Waals surface area (Å²) in [6, 6.07) is 7.30. The number of morpholine rings is 1. The number of rotatable bonds is 6. The molecule has 0 aliphatic carbocycles. The molecule has 0 aromatic heterocycles. The van der Waals surface area contributed by atoms with Crippen molar-refractivity contribution in [3.05, 3.63) is 45.0 Å². The summed E-state index contributed by atoms with van der Waals surface area (Å²) in [5, 5.41) is 11.7. The number of nitro groups is 1. The predicted molar refractivity (Wildman–Crippen MR) is 87.3 cm³/mol. The molecule has 0 radical (unpaired) electrons. The molecule has 1 saturated heterocycles. The molecule has 0 unspecified atom stereocenters. The second-order valence-electron chi connectivity index (χ2n) is 6.02. The molecule has 1 aliphatic heterocycles. The quantitative estimate of drug-likeness (QED) is 0.566. The van der Waals surface area contributed by atoms with Crippen LogP contribution >= 0.6 is 11.6 Å². The summed E-state index contributed by atoms with van der Waals surface area (Å²) in [5.74, 6) is -0.174. The minimum atomic E-state index is -0.253. The van der Waals surface area contributed by atoms with E-state index in [-0.39, 0.29) is 29.6 Å². The van der Waals surface area contributed by atoms with Gasteiger partial charge in [0, 0.05) is 0 Å². The Balaban J connectivity index is 2.09. The molecule has 5 nitrogen and oxygen atoms in total. The van der Waals surface area contributed by atoms with E-state index >= 15 is 0 Å². The van der Waals surface area contributed by atoms with Gasteiger partial charge in [-0.25, -0.2) is 0 Å². The maximum absolute atomic E-state index is 11.0. The molecule has 3 atom stereocenters. The summed E-state index contributed by atoms with van der Waals surface area (Å²) in [4.78, 5) is 13.0. The number of benzene rings is 1. The normalized spacial score (nSPS) is 23.4. The SMILES string of the molecule is C[C@H]1CN([C](=[Cr])C[C@H](C[N+](=O)[O-])c2ccc(Cl)cc2)C[C@H](C)O1. The van der Waals surface area contributed by atoms with E-state index in [1.165, 1.54) is 0 Å². The van der Waals surface area contributed by atoms with Gasteiger partial charge in [-0.1, -0.05) is 0 Å². The molecule has 1 aromatic rings. The molecule has 0 bridgehead atoms. The minimum absolute atomic E-state index is 0.0950. The van der Waals surface area contributed by atoms with E-state index in [0.717, 1.165) is 23.2 Å². The van der Waals surface area contributed by atoms with Crippen molar-refractivity contribution in [1.29, 1.82) is 0 Å². The van der Waals surface area contributed by atoms with Gasteiger partial charge < -0.3 is 0 Å². The van der Waals surface area contributed by atoms with Crippen molar-refractivity contribution in [2.75, 3.05) is 19.6 Å². The Labute approximate surface area is 149 Å². The van der Waals surface area contributed by atoms with Crippen molar-refractivity contribution in [1.82, 2.24) is 4.90 Å². The number of ether oxygens (including phenoxy) is 1. The van der Waals surface area contributed by atoms with Gasteiger partial charge in [-0.15, -0.1) is 0 Å². The van der Waals surface area contributed by atoms with Gasteiger partial charge in [0.05, 0.1) is 0 Å². The second kappa shape index (κ2) is 8.37. The molecule has 23 heavy (non-hydrogen) atoms. The zero-order chi connectivity index (χ0) is 17.0. The van der Waals surface area contributed by atoms with Crippen LogP contribution in [0.4, 0.5) is 0 Å². The maximum atomic E-state index is 11.0. The third kappa shape index (κ3) is 5.67. The van der Waals surface area contributed by atoms with Gasteiger partial charge >= 0.3 is 150 Å². The van der Waals surface area contributed by atoms with Gasteiger partial charge in [-0.3, -0.25) is 0 Å². The molecule has 7 heteroatoms. The summed E-state index contributed by atoms with van der Waals surface area (Å²) in [6.07, 6.45) is 0.931. The Morgan fingerprint density at radius 3 is 2.48 bits per heavy atom. The van der Waals surface area contributed by atoms with Crippen molar-refractivity contribution < 1.29 is 25.5 Å². The van der Waals surface area contributed by atoms with E-state index in [4.69, 9.17) is 16.3 Å². The van der Waals surface area contributed by atoms with Crippen LogP contribution in [0, 0.1) is 10.1 Å². The first kappa shape index (κ1) is 18.6. The zero-order valence-electron chi connectivity index (χ0n) is 13.3. The molecule has 1 aliphatic rings. The molecule has 1 aromatic carbocycles. The fraction of sp³-hybridized carbons (Fsp3) is 0.562. The number of nitrogens with zero attached hydrogens (tertiary/aromatic N) is 2. The molecule has 0 saturated carbocycles. The van der Waals surface area contributed by atoms with Crippen molar-refractivity contribution in [3.63, 3.8) is 0 Å². The summed E-state index contributed by atoms with van der Waals surface area (Å²) < 4.78 is 6.79. The van der Waals surface area contributed by atoms with Gasteiger partial charge in [0.25, 0.3) is 0 Å². The zero-order valence-corrected chi connectivity index (χ0v) is 15.3. The average Bonchev–Trinajstić information content (AvgIpc) is 2.45. The van der Waals surface area contributed by atoms with Crippen LogP contribution in [-0.4, -0.2) is 46.2 Å². The van der Waals surface area contributed by atoms with E-state index in [2.05, 4.69) is 20.8 Å². The van der Waals surface area contributed by atoms with Crippen LogP contribution < -0.4 is 0 Å². The average molecular weight is 377 g/mol. The van der Waals surface area contributed by atoms with E-state index in [0.29, 0.717) is 11.4 Å². The van der Waals surface area contributed by atoms with Crippen molar-refractivity contribution >= 4 is 16.1 Å². The molecule has 0 spiro atoms. The molecule has 1 heterocycles. The number of halogens is 1. The van der Waals surface area contributed by atoms with Crippen molar-refractivity contribution in [2.24, 2.45) is 0 Å². The van der Waals surface area contributed by atoms with Crippen LogP contribution in [0.3, 0.4) is 0 Å². The standard InChI is InChI=1S/C16H21ClN2O3.Cr/c1-12-9-18(10-13(2)22-12)8-7-15(11-19(20)21)14-3-5-16(17)6-4-14;/h3-6,12-13,15H,7,9-11H2,1-2H3;/t12-,13-,15+;/m0./s1. The predicted octanol–water partition coefficient (Wildman–Crippen LogP) is 2.88. The van der Waals surface area contributed by atoms with Crippen LogP contribution in [0.2, 0.25) is 5.02 Å². The Morgan fingerprint density at radius 1 is 1.39 bits per heavy atom. The fourth-order valence-electron chi connectivity index (χ4n) is 2.92. The van der Waals surface area contributed by atoms with Crippen LogP contribution in [0.5, 0.6) is 0 Å². The van der Waals surface area contributed by atoms with E-state index in [1.807, 2.05) is 26.0 Å². The molecule has 0 N–H and O–H groups in total. The molecule has 2 rings (SSSR count). The summed E-state index contributed by atoms with van der Waals surface area (Å²) in [7, 11) is 0. The Hall–Kier alpha value is -0.768. The Bertz CT molecular complexity index is 557. The third-order valence-corrected chi connectivity index (χ3v) is 4.82. The van der Waals surface area contributed by atoms with E-state index < -0.39 is 0 Å². The molecule has 126 valence electrons. The van der Waals surface area contributed by atoms with Crippen molar-refractivity contribution in [2.45, 2.75) is 38.4 Å². The van der Waals surface area contributed by atoms with Crippen LogP contribution in [-0.2, 0) is 20.6 Å². The summed E-state index contributed by atoms with van der Waals surface area (Å²) >= 11 is 9.03. The monoisotopic (exact) mass is 376 g/mol. The van der Waals surface area contributed by atoms with E-state index in [1.54, 1.807) is 12.1 Å². The van der Waals surface area contributed by atoms with Crippen LogP contribution in [0.25, 0.3) is 0 Å². The Kier molecular flexibility index (Phi) is 6.75. The van der Waals surface area contributed by atoms with Gasteiger partial charge in [0.1, 0.15) is 0 Å². The summed E-state index contributed by atoms with van der Waals surface area (Å²) in [5.41, 5.74) is 0.938. The molecule has 0 amide bonds. The third-order valence-electron chi connectivity index (χ3n) is 3.90. The Morgan fingerprint density at radius 2 is 1.96 bits per heavy atom. The molecule has 1 fully saturated rings. The summed E-state index contributed by atoms with van der Waals surface area (Å²) in [6.45, 7) is 5.60. The van der Waals surface area contributed by atoms with Gasteiger partial charge in [0.15, 0.2) is 0 Å². The first-order valence-electron chi connectivity index (χ1n) is 7.65. The van der Waals surface area contributed by atoms with Gasteiger partial charge in [-0.2, -0.15) is 0 Å². The number of hydrogen-bond donors (Lipinski definition) is 0. The van der Waals surface area contributed by atoms with Gasteiger partial charge in [-0.05, 0) is 0 Å². The van der Waals surface area contributed by atoms with E-state index in [9.17, 15) is 10.1 Å². The number of hydrogen-bond acceptors (Lipinski definition) is 4. The van der Waals surface area contributed by atoms with Crippen LogP contribution in [0.1, 0.15) is 31.7 Å². The van der Waals surface area contributed by atoms with Gasteiger partial charge in [0.2, 0.25) is 0 Å². The first-order valence-corrected chi connectivity index (χ1v) is 8.67. The first-order chi connectivity index (χ1) is 10.8. The fourth-order valence-corrected chi connectivity index (χ4v) is 3.60.